The van der Waals surface area contributed by atoms with E-state index >= 15 is 0 Å². The summed E-state index contributed by atoms with van der Waals surface area (Å²) in [7, 11) is -3.60. The zero-order valence-electron chi connectivity index (χ0n) is 10.4. The smallest absolute Gasteiger partial charge is 0.245 e. The van der Waals surface area contributed by atoms with Gasteiger partial charge in [0.05, 0.1) is 0 Å². The first-order valence-corrected chi connectivity index (χ1v) is 8.41. The molecule has 0 atom stereocenters. The highest BCUT2D eigenvalue weighted by atomic mass is 79.9. The van der Waals surface area contributed by atoms with Crippen molar-refractivity contribution in [3.05, 3.63) is 16.5 Å². The maximum Gasteiger partial charge on any atom is 0.245 e. The van der Waals surface area contributed by atoms with Gasteiger partial charge >= 0.3 is 0 Å². The molecule has 108 valence electrons. The lowest BCUT2D eigenvalue weighted by molar-refractivity contribution is 0.245. The first-order valence-electron chi connectivity index (χ1n) is 6.14. The Balaban J connectivity index is 1.95. The Hall–Kier alpha value is -0.410. The number of rotatable bonds is 6. The maximum atomic E-state index is 12.1. The number of nitrogens with zero attached hydrogens (tertiary/aromatic N) is 1. The molecule has 0 spiro atoms. The summed E-state index contributed by atoms with van der Waals surface area (Å²) in [6.45, 7) is 2.81. The van der Waals surface area contributed by atoms with Crippen LogP contribution in [-0.4, -0.2) is 44.6 Å². The minimum Gasteiger partial charge on any atom is -0.450 e. The van der Waals surface area contributed by atoms with Gasteiger partial charge in [0.1, 0.15) is 17.3 Å². The standard InChI is InChI=1S/C11H17BrN2O4S/c12-11-10(7-9(8-15)18-11)19(16,17)13-3-6-14-4-1-2-5-14/h7,13,15H,1-6,8H2. The average Bonchev–Trinajstić information content (AvgIpc) is 2.98. The fourth-order valence-corrected chi connectivity index (χ4v) is 4.10. The molecule has 1 aliphatic heterocycles. The number of sulfonamides is 1. The summed E-state index contributed by atoms with van der Waals surface area (Å²) in [5, 5.41) is 8.92. The summed E-state index contributed by atoms with van der Waals surface area (Å²) in [6, 6.07) is 1.32. The average molecular weight is 353 g/mol. The quantitative estimate of drug-likeness (QED) is 0.794. The van der Waals surface area contributed by atoms with Crippen LogP contribution in [-0.2, 0) is 16.6 Å². The second-order valence-corrected chi connectivity index (χ2v) is 6.91. The number of aliphatic hydroxyl groups excluding tert-OH is 1. The number of nitrogens with one attached hydrogen (secondary N) is 1. The van der Waals surface area contributed by atoms with Gasteiger partial charge in [-0.05, 0) is 41.9 Å². The van der Waals surface area contributed by atoms with E-state index in [1.165, 1.54) is 18.9 Å². The summed E-state index contributed by atoms with van der Waals surface area (Å²) in [4.78, 5) is 2.25. The first kappa shape index (κ1) is 15.0. The Morgan fingerprint density at radius 1 is 1.42 bits per heavy atom. The number of halogens is 1. The second kappa shape index (κ2) is 6.36. The summed E-state index contributed by atoms with van der Waals surface area (Å²) in [6.07, 6.45) is 2.36. The highest BCUT2D eigenvalue weighted by Crippen LogP contribution is 2.25. The fraction of sp³-hybridized carbons (Fsp3) is 0.636. The monoisotopic (exact) mass is 352 g/mol. The van der Waals surface area contributed by atoms with Crippen LogP contribution in [0, 0.1) is 0 Å². The van der Waals surface area contributed by atoms with Crippen LogP contribution in [0.2, 0.25) is 0 Å². The second-order valence-electron chi connectivity index (χ2n) is 4.46. The number of likely N-dealkylation sites (tertiary alicyclic amines) is 1. The summed E-state index contributed by atoms with van der Waals surface area (Å²) >= 11 is 3.04. The Labute approximate surface area is 121 Å². The van der Waals surface area contributed by atoms with Crippen LogP contribution in [0.25, 0.3) is 0 Å². The molecule has 0 aromatic carbocycles. The van der Waals surface area contributed by atoms with Gasteiger partial charge in [-0.3, -0.25) is 0 Å². The Kier molecular flexibility index (Phi) is 5.02. The van der Waals surface area contributed by atoms with Crippen LogP contribution >= 0.6 is 15.9 Å². The molecular weight excluding hydrogens is 336 g/mol. The number of hydrogen-bond donors (Lipinski definition) is 2. The molecule has 0 unspecified atom stereocenters. The maximum absolute atomic E-state index is 12.1. The van der Waals surface area contributed by atoms with E-state index < -0.39 is 10.0 Å². The van der Waals surface area contributed by atoms with E-state index in [0.29, 0.717) is 13.1 Å². The van der Waals surface area contributed by atoms with E-state index in [9.17, 15) is 8.42 Å². The first-order chi connectivity index (χ1) is 9.03. The van der Waals surface area contributed by atoms with E-state index in [1.54, 1.807) is 0 Å². The van der Waals surface area contributed by atoms with Gasteiger partial charge in [0.15, 0.2) is 4.67 Å². The van der Waals surface area contributed by atoms with Crippen molar-refractivity contribution in [2.24, 2.45) is 0 Å². The molecule has 0 radical (unpaired) electrons. The van der Waals surface area contributed by atoms with Crippen LogP contribution in [0.4, 0.5) is 0 Å². The molecule has 19 heavy (non-hydrogen) atoms. The van der Waals surface area contributed by atoms with Crippen molar-refractivity contribution >= 4 is 26.0 Å². The zero-order chi connectivity index (χ0) is 13.9. The van der Waals surface area contributed by atoms with E-state index in [4.69, 9.17) is 9.52 Å². The Morgan fingerprint density at radius 3 is 2.68 bits per heavy atom. The molecule has 0 bridgehead atoms. The van der Waals surface area contributed by atoms with Crippen LogP contribution in [0.15, 0.2) is 20.0 Å². The number of furan rings is 1. The number of hydrogen-bond acceptors (Lipinski definition) is 5. The Bertz CT molecular complexity index is 523. The van der Waals surface area contributed by atoms with Crippen molar-refractivity contribution in [3.63, 3.8) is 0 Å². The Morgan fingerprint density at radius 2 is 2.11 bits per heavy atom. The van der Waals surface area contributed by atoms with Crippen molar-refractivity contribution in [2.75, 3.05) is 26.2 Å². The summed E-state index contributed by atoms with van der Waals surface area (Å²) < 4.78 is 31.8. The van der Waals surface area contributed by atoms with E-state index in [1.807, 2.05) is 0 Å². The highest BCUT2D eigenvalue weighted by molar-refractivity contribution is 9.10. The van der Waals surface area contributed by atoms with Crippen LogP contribution < -0.4 is 4.72 Å². The van der Waals surface area contributed by atoms with E-state index in [-0.39, 0.29) is 21.9 Å². The van der Waals surface area contributed by atoms with E-state index in [0.717, 1.165) is 13.1 Å². The van der Waals surface area contributed by atoms with Gasteiger partial charge in [0, 0.05) is 19.2 Å². The minimum atomic E-state index is -3.60. The van der Waals surface area contributed by atoms with Crippen molar-refractivity contribution in [3.8, 4) is 0 Å². The lowest BCUT2D eigenvalue weighted by Gasteiger charge is -2.14. The van der Waals surface area contributed by atoms with Gasteiger partial charge in [-0.15, -0.1) is 0 Å². The molecule has 2 heterocycles. The molecule has 1 saturated heterocycles. The highest BCUT2D eigenvalue weighted by Gasteiger charge is 2.22. The topological polar surface area (TPSA) is 82.8 Å². The molecule has 6 nitrogen and oxygen atoms in total. The van der Waals surface area contributed by atoms with Gasteiger partial charge in [0.2, 0.25) is 10.0 Å². The minimum absolute atomic E-state index is 0.0259. The summed E-state index contributed by atoms with van der Waals surface area (Å²) in [5.41, 5.74) is 0. The molecule has 8 heteroatoms. The lowest BCUT2D eigenvalue weighted by atomic mass is 10.4. The van der Waals surface area contributed by atoms with Gasteiger partial charge in [0.25, 0.3) is 0 Å². The molecule has 0 amide bonds. The predicted molar refractivity (Wildman–Crippen MR) is 73.2 cm³/mol. The third-order valence-electron chi connectivity index (χ3n) is 3.07. The van der Waals surface area contributed by atoms with Gasteiger partial charge in [-0.25, -0.2) is 13.1 Å². The third kappa shape index (κ3) is 3.79. The van der Waals surface area contributed by atoms with Gasteiger partial charge in [-0.1, -0.05) is 0 Å². The van der Waals surface area contributed by atoms with Crippen molar-refractivity contribution in [2.45, 2.75) is 24.3 Å². The molecule has 1 aromatic rings. The fourth-order valence-electron chi connectivity index (χ4n) is 2.08. The van der Waals surface area contributed by atoms with Crippen molar-refractivity contribution < 1.29 is 17.9 Å². The normalized spacial score (nSPS) is 17.2. The largest absolute Gasteiger partial charge is 0.450 e. The molecular formula is C11H17BrN2O4S. The molecule has 1 fully saturated rings. The van der Waals surface area contributed by atoms with Crippen LogP contribution in [0.1, 0.15) is 18.6 Å². The zero-order valence-corrected chi connectivity index (χ0v) is 12.8. The summed E-state index contributed by atoms with van der Waals surface area (Å²) in [5.74, 6) is 0.215. The third-order valence-corrected chi connectivity index (χ3v) is 5.39. The van der Waals surface area contributed by atoms with Crippen LogP contribution in [0.5, 0.6) is 0 Å². The molecule has 2 N–H and O–H groups in total. The van der Waals surface area contributed by atoms with Gasteiger partial charge < -0.3 is 14.4 Å². The van der Waals surface area contributed by atoms with E-state index in [2.05, 4.69) is 25.6 Å². The SMILES string of the molecule is O=S(=O)(NCCN1CCCC1)c1cc(CO)oc1Br. The molecule has 1 aliphatic rings. The molecule has 0 saturated carbocycles. The molecule has 0 aliphatic carbocycles. The van der Waals surface area contributed by atoms with Crippen molar-refractivity contribution in [1.82, 2.24) is 9.62 Å². The van der Waals surface area contributed by atoms with Crippen LogP contribution in [0.3, 0.4) is 0 Å². The lowest BCUT2D eigenvalue weighted by Crippen LogP contribution is -2.33. The van der Waals surface area contributed by atoms with Gasteiger partial charge in [-0.2, -0.15) is 0 Å². The molecule has 2 rings (SSSR count). The predicted octanol–water partition coefficient (Wildman–Crippen LogP) is 0.908. The molecule has 1 aromatic heterocycles. The van der Waals surface area contributed by atoms with Crippen molar-refractivity contribution in [1.29, 1.82) is 0 Å². The number of aliphatic hydroxyl groups is 1.